The van der Waals surface area contributed by atoms with Crippen LogP contribution in [-0.4, -0.2) is 39.6 Å². The number of aryl methyl sites for hydroxylation is 1. The SMILES string of the molecule is C=C(c1ccn2ncc(C(=C)NCC(F)F)c2c1)c1cnc(NC)nc1C. The van der Waals surface area contributed by atoms with Gasteiger partial charge in [0.05, 0.1) is 24.0 Å². The highest BCUT2D eigenvalue weighted by molar-refractivity contribution is 5.83. The molecule has 6 nitrogen and oxygen atoms in total. The van der Waals surface area contributed by atoms with Crippen molar-refractivity contribution in [2.45, 2.75) is 13.3 Å². The Morgan fingerprint density at radius 2 is 2.04 bits per heavy atom. The number of aromatic nitrogens is 4. The number of halogens is 2. The molecule has 0 aliphatic heterocycles. The summed E-state index contributed by atoms with van der Waals surface area (Å²) in [6, 6.07) is 3.78. The first-order valence-electron chi connectivity index (χ1n) is 8.30. The van der Waals surface area contributed by atoms with Gasteiger partial charge in [0, 0.05) is 36.3 Å². The van der Waals surface area contributed by atoms with Crippen molar-refractivity contribution >= 4 is 22.7 Å². The van der Waals surface area contributed by atoms with E-state index in [-0.39, 0.29) is 0 Å². The van der Waals surface area contributed by atoms with Crippen LogP contribution in [0.2, 0.25) is 0 Å². The molecule has 0 aliphatic carbocycles. The Hall–Kier alpha value is -3.29. The molecule has 0 unspecified atom stereocenters. The maximum atomic E-state index is 12.4. The van der Waals surface area contributed by atoms with Crippen molar-refractivity contribution in [3.63, 3.8) is 0 Å². The molecule has 0 fully saturated rings. The topological polar surface area (TPSA) is 67.1 Å². The van der Waals surface area contributed by atoms with Gasteiger partial charge in [0.25, 0.3) is 6.43 Å². The fourth-order valence-corrected chi connectivity index (χ4v) is 2.74. The maximum absolute atomic E-state index is 12.4. The molecule has 0 saturated carbocycles. The molecule has 3 rings (SSSR count). The van der Waals surface area contributed by atoms with E-state index in [9.17, 15) is 8.78 Å². The van der Waals surface area contributed by atoms with Gasteiger partial charge in [0.2, 0.25) is 5.95 Å². The average Bonchev–Trinajstić information content (AvgIpc) is 3.08. The third-order valence-corrected chi connectivity index (χ3v) is 4.19. The second-order valence-electron chi connectivity index (χ2n) is 5.98. The lowest BCUT2D eigenvalue weighted by Crippen LogP contribution is -2.19. The first-order valence-corrected chi connectivity index (χ1v) is 8.30. The quantitative estimate of drug-likeness (QED) is 0.668. The van der Waals surface area contributed by atoms with E-state index in [1.54, 1.807) is 30.2 Å². The van der Waals surface area contributed by atoms with Crippen LogP contribution in [0.15, 0.2) is 43.9 Å². The number of nitrogens with zero attached hydrogens (tertiary/aromatic N) is 4. The first-order chi connectivity index (χ1) is 12.9. The zero-order chi connectivity index (χ0) is 19.6. The lowest BCUT2D eigenvalue weighted by molar-refractivity contribution is 0.151. The highest BCUT2D eigenvalue weighted by Gasteiger charge is 2.13. The molecule has 3 aromatic rings. The number of rotatable bonds is 7. The molecule has 0 spiro atoms. The zero-order valence-electron chi connectivity index (χ0n) is 15.1. The summed E-state index contributed by atoms with van der Waals surface area (Å²) in [7, 11) is 1.76. The van der Waals surface area contributed by atoms with E-state index in [0.29, 0.717) is 17.2 Å². The standard InChI is InChI=1S/C19H20F2N6/c1-11(15-8-24-19(22-4)26-13(15)3)14-5-6-27-17(7-14)16(9-25-27)12(2)23-10-18(20)21/h5-9,18,23H,1-2,10H2,3-4H3,(H,22,24,26). The van der Waals surface area contributed by atoms with Crippen molar-refractivity contribution in [2.75, 3.05) is 18.9 Å². The van der Waals surface area contributed by atoms with Gasteiger partial charge < -0.3 is 10.6 Å². The van der Waals surface area contributed by atoms with E-state index < -0.39 is 13.0 Å². The van der Waals surface area contributed by atoms with Crippen LogP contribution < -0.4 is 10.6 Å². The van der Waals surface area contributed by atoms with E-state index in [1.165, 1.54) is 0 Å². The van der Waals surface area contributed by atoms with Gasteiger partial charge in [-0.3, -0.25) is 0 Å². The number of hydrogen-bond donors (Lipinski definition) is 2. The van der Waals surface area contributed by atoms with Crippen molar-refractivity contribution in [1.29, 1.82) is 0 Å². The maximum Gasteiger partial charge on any atom is 0.255 e. The summed E-state index contributed by atoms with van der Waals surface area (Å²) in [5.74, 6) is 0.541. The van der Waals surface area contributed by atoms with Crippen molar-refractivity contribution in [2.24, 2.45) is 0 Å². The molecule has 0 saturated heterocycles. The molecule has 0 aliphatic rings. The van der Waals surface area contributed by atoms with Crippen molar-refractivity contribution in [1.82, 2.24) is 24.9 Å². The van der Waals surface area contributed by atoms with E-state index in [1.807, 2.05) is 19.1 Å². The van der Waals surface area contributed by atoms with E-state index in [0.717, 1.165) is 27.9 Å². The fraction of sp³-hybridized carbons (Fsp3) is 0.211. The second kappa shape index (κ2) is 7.53. The van der Waals surface area contributed by atoms with E-state index in [4.69, 9.17) is 0 Å². The monoisotopic (exact) mass is 370 g/mol. The molecule has 3 aromatic heterocycles. The van der Waals surface area contributed by atoms with Gasteiger partial charge in [0.15, 0.2) is 0 Å². The minimum atomic E-state index is -2.46. The van der Waals surface area contributed by atoms with Crippen LogP contribution in [0.5, 0.6) is 0 Å². The Labute approximate surface area is 155 Å². The molecule has 0 amide bonds. The number of pyridine rings is 1. The lowest BCUT2D eigenvalue weighted by atomic mass is 10.00. The summed E-state index contributed by atoms with van der Waals surface area (Å²) >= 11 is 0. The lowest BCUT2D eigenvalue weighted by Gasteiger charge is -2.11. The van der Waals surface area contributed by atoms with Crippen LogP contribution in [0.4, 0.5) is 14.7 Å². The first kappa shape index (κ1) is 18.5. The molecule has 0 bridgehead atoms. The molecule has 8 heteroatoms. The van der Waals surface area contributed by atoms with Crippen molar-refractivity contribution < 1.29 is 8.78 Å². The van der Waals surface area contributed by atoms with Crippen molar-refractivity contribution in [3.8, 4) is 0 Å². The predicted octanol–water partition coefficient (Wildman–Crippen LogP) is 3.36. The average molecular weight is 370 g/mol. The van der Waals surface area contributed by atoms with Gasteiger partial charge in [-0.25, -0.2) is 23.3 Å². The van der Waals surface area contributed by atoms with E-state index in [2.05, 4.69) is 38.9 Å². The summed E-state index contributed by atoms with van der Waals surface area (Å²) in [6.07, 6.45) is 2.65. The highest BCUT2D eigenvalue weighted by Crippen LogP contribution is 2.26. The number of hydrogen-bond acceptors (Lipinski definition) is 5. The number of anilines is 1. The molecule has 2 N–H and O–H groups in total. The summed E-state index contributed by atoms with van der Waals surface area (Å²) in [5, 5.41) is 9.78. The Balaban J connectivity index is 1.95. The van der Waals surface area contributed by atoms with Crippen LogP contribution >= 0.6 is 0 Å². The molecule has 27 heavy (non-hydrogen) atoms. The largest absolute Gasteiger partial charge is 0.379 e. The van der Waals surface area contributed by atoms with Gasteiger partial charge in [-0.2, -0.15) is 5.10 Å². The molecular weight excluding hydrogens is 350 g/mol. The Morgan fingerprint density at radius 1 is 1.26 bits per heavy atom. The molecule has 0 atom stereocenters. The van der Waals surface area contributed by atoms with Gasteiger partial charge in [-0.05, 0) is 30.2 Å². The van der Waals surface area contributed by atoms with Crippen LogP contribution in [0.1, 0.15) is 22.4 Å². The van der Waals surface area contributed by atoms with Crippen LogP contribution in [0, 0.1) is 6.92 Å². The minimum Gasteiger partial charge on any atom is -0.379 e. The Morgan fingerprint density at radius 3 is 2.70 bits per heavy atom. The third kappa shape index (κ3) is 3.79. The van der Waals surface area contributed by atoms with Crippen LogP contribution in [0.25, 0.3) is 16.8 Å². The van der Waals surface area contributed by atoms with Crippen LogP contribution in [-0.2, 0) is 0 Å². The Kier molecular flexibility index (Phi) is 5.16. The van der Waals surface area contributed by atoms with Gasteiger partial charge in [0.1, 0.15) is 0 Å². The second-order valence-corrected chi connectivity index (χ2v) is 5.98. The van der Waals surface area contributed by atoms with Gasteiger partial charge in [-0.15, -0.1) is 0 Å². The zero-order valence-corrected chi connectivity index (χ0v) is 15.1. The third-order valence-electron chi connectivity index (χ3n) is 4.19. The fourth-order valence-electron chi connectivity index (χ4n) is 2.74. The van der Waals surface area contributed by atoms with Crippen LogP contribution in [0.3, 0.4) is 0 Å². The number of nitrogens with one attached hydrogen (secondary N) is 2. The van der Waals surface area contributed by atoms with Crippen molar-refractivity contribution in [3.05, 3.63) is 66.3 Å². The summed E-state index contributed by atoms with van der Waals surface area (Å²) in [4.78, 5) is 8.63. The van der Waals surface area contributed by atoms with Gasteiger partial charge in [-0.1, -0.05) is 13.2 Å². The Bertz CT molecular complexity index is 1010. The minimum absolute atomic E-state index is 0.394. The smallest absolute Gasteiger partial charge is 0.255 e. The molecular formula is C19H20F2N6. The molecule has 0 aromatic carbocycles. The summed E-state index contributed by atoms with van der Waals surface area (Å²) < 4.78 is 26.6. The highest BCUT2D eigenvalue weighted by atomic mass is 19.3. The molecule has 3 heterocycles. The molecule has 140 valence electrons. The van der Waals surface area contributed by atoms with E-state index >= 15 is 0 Å². The van der Waals surface area contributed by atoms with Gasteiger partial charge >= 0.3 is 0 Å². The number of alkyl halides is 2. The summed E-state index contributed by atoms with van der Waals surface area (Å²) in [6.45, 7) is 9.44. The number of fused-ring (bicyclic) bond motifs is 1. The normalized spacial score (nSPS) is 11.0. The molecule has 0 radical (unpaired) electrons. The predicted molar refractivity (Wildman–Crippen MR) is 103 cm³/mol. The summed E-state index contributed by atoms with van der Waals surface area (Å²) in [5.41, 5.74) is 5.04.